The SMILES string of the molecule is Cc1ccc(Nc2nc(NCCCOC(C)C)nc3c2cnn3-c2ccccc2)cc1C. The monoisotopic (exact) mass is 430 g/mol. The lowest BCUT2D eigenvalue weighted by Crippen LogP contribution is -2.12. The molecule has 0 unspecified atom stereocenters. The van der Waals surface area contributed by atoms with Gasteiger partial charge in [0.2, 0.25) is 5.95 Å². The molecule has 0 aliphatic heterocycles. The van der Waals surface area contributed by atoms with E-state index in [-0.39, 0.29) is 6.10 Å². The predicted octanol–water partition coefficient (Wildman–Crippen LogP) is 5.40. The van der Waals surface area contributed by atoms with Gasteiger partial charge >= 0.3 is 0 Å². The molecule has 0 spiro atoms. The van der Waals surface area contributed by atoms with E-state index in [0.717, 1.165) is 41.2 Å². The van der Waals surface area contributed by atoms with Crippen LogP contribution in [0.5, 0.6) is 0 Å². The maximum Gasteiger partial charge on any atom is 0.226 e. The van der Waals surface area contributed by atoms with Crippen molar-refractivity contribution in [2.75, 3.05) is 23.8 Å². The maximum atomic E-state index is 5.63. The number of nitrogens with zero attached hydrogens (tertiary/aromatic N) is 4. The molecule has 0 radical (unpaired) electrons. The van der Waals surface area contributed by atoms with Crippen molar-refractivity contribution in [3.8, 4) is 5.69 Å². The van der Waals surface area contributed by atoms with Crippen molar-refractivity contribution in [1.82, 2.24) is 19.7 Å². The van der Waals surface area contributed by atoms with Gasteiger partial charge in [-0.1, -0.05) is 24.3 Å². The Bertz CT molecular complexity index is 1190. The third-order valence-corrected chi connectivity index (χ3v) is 5.25. The van der Waals surface area contributed by atoms with E-state index in [9.17, 15) is 0 Å². The van der Waals surface area contributed by atoms with Crippen LogP contribution < -0.4 is 10.6 Å². The van der Waals surface area contributed by atoms with Crippen LogP contribution in [0.1, 0.15) is 31.4 Å². The minimum Gasteiger partial charge on any atom is -0.379 e. The first-order chi connectivity index (χ1) is 15.5. The van der Waals surface area contributed by atoms with Crippen molar-refractivity contribution in [3.63, 3.8) is 0 Å². The summed E-state index contributed by atoms with van der Waals surface area (Å²) in [5.41, 5.74) is 5.17. The molecule has 2 heterocycles. The van der Waals surface area contributed by atoms with Crippen molar-refractivity contribution < 1.29 is 4.74 Å². The first-order valence-corrected chi connectivity index (χ1v) is 11.0. The zero-order chi connectivity index (χ0) is 22.5. The quantitative estimate of drug-likeness (QED) is 0.346. The van der Waals surface area contributed by atoms with Crippen LogP contribution in [-0.2, 0) is 4.74 Å². The molecule has 166 valence electrons. The second-order valence-corrected chi connectivity index (χ2v) is 8.15. The average molecular weight is 431 g/mol. The molecule has 0 saturated carbocycles. The van der Waals surface area contributed by atoms with E-state index in [1.165, 1.54) is 11.1 Å². The highest BCUT2D eigenvalue weighted by Crippen LogP contribution is 2.27. The number of nitrogens with one attached hydrogen (secondary N) is 2. The van der Waals surface area contributed by atoms with Gasteiger partial charge in [0.25, 0.3) is 0 Å². The fourth-order valence-corrected chi connectivity index (χ4v) is 3.39. The Morgan fingerprint density at radius 2 is 1.81 bits per heavy atom. The largest absolute Gasteiger partial charge is 0.379 e. The Hall–Kier alpha value is -3.45. The van der Waals surface area contributed by atoms with E-state index < -0.39 is 0 Å². The summed E-state index contributed by atoms with van der Waals surface area (Å²) < 4.78 is 7.47. The molecule has 2 aromatic carbocycles. The summed E-state index contributed by atoms with van der Waals surface area (Å²) in [6, 6.07) is 16.3. The van der Waals surface area contributed by atoms with Gasteiger partial charge in [0.05, 0.1) is 23.4 Å². The highest BCUT2D eigenvalue weighted by Gasteiger charge is 2.14. The van der Waals surface area contributed by atoms with E-state index in [1.54, 1.807) is 0 Å². The molecular formula is C25H30N6O. The van der Waals surface area contributed by atoms with Gasteiger partial charge in [0, 0.05) is 18.8 Å². The van der Waals surface area contributed by atoms with Gasteiger partial charge < -0.3 is 15.4 Å². The first-order valence-electron chi connectivity index (χ1n) is 11.0. The Labute approximate surface area is 188 Å². The van der Waals surface area contributed by atoms with Crippen LogP contribution in [0.2, 0.25) is 0 Å². The Balaban J connectivity index is 1.67. The third-order valence-electron chi connectivity index (χ3n) is 5.25. The maximum absolute atomic E-state index is 5.63. The summed E-state index contributed by atoms with van der Waals surface area (Å²) in [5.74, 6) is 1.28. The van der Waals surface area contributed by atoms with Crippen molar-refractivity contribution in [2.24, 2.45) is 0 Å². The molecule has 0 amide bonds. The van der Waals surface area contributed by atoms with Crippen molar-refractivity contribution in [3.05, 3.63) is 65.9 Å². The molecule has 7 heteroatoms. The van der Waals surface area contributed by atoms with Crippen LogP contribution >= 0.6 is 0 Å². The molecule has 2 aromatic heterocycles. The summed E-state index contributed by atoms with van der Waals surface area (Å²) in [7, 11) is 0. The molecule has 0 fully saturated rings. The second-order valence-electron chi connectivity index (χ2n) is 8.15. The van der Waals surface area contributed by atoms with Crippen molar-refractivity contribution in [2.45, 2.75) is 40.2 Å². The normalized spacial score (nSPS) is 11.3. The fourth-order valence-electron chi connectivity index (χ4n) is 3.39. The highest BCUT2D eigenvalue weighted by molar-refractivity contribution is 5.90. The number of ether oxygens (including phenoxy) is 1. The molecule has 0 bridgehead atoms. The standard InChI is InChI=1S/C25H30N6O/c1-17(2)32-14-8-13-26-25-29-23(28-20-12-11-18(3)19(4)15-20)22-16-27-31(24(22)30-25)21-9-6-5-7-10-21/h5-7,9-12,15-17H,8,13-14H2,1-4H3,(H2,26,28,29,30). The van der Waals surface area contributed by atoms with Gasteiger partial charge in [-0.3, -0.25) is 0 Å². The van der Waals surface area contributed by atoms with Crippen LogP contribution in [-0.4, -0.2) is 39.0 Å². The number of aromatic nitrogens is 4. The smallest absolute Gasteiger partial charge is 0.226 e. The predicted molar refractivity (Wildman–Crippen MR) is 130 cm³/mol. The molecule has 0 saturated heterocycles. The zero-order valence-corrected chi connectivity index (χ0v) is 19.1. The average Bonchev–Trinajstić information content (AvgIpc) is 3.21. The number of fused-ring (bicyclic) bond motifs is 1. The van der Waals surface area contributed by atoms with E-state index in [1.807, 2.05) is 55.1 Å². The number of para-hydroxylation sites is 1. The molecule has 4 aromatic rings. The van der Waals surface area contributed by atoms with Gasteiger partial charge in [0.15, 0.2) is 5.65 Å². The van der Waals surface area contributed by atoms with Crippen LogP contribution in [0.25, 0.3) is 16.7 Å². The van der Waals surface area contributed by atoms with Gasteiger partial charge in [-0.15, -0.1) is 0 Å². The van der Waals surface area contributed by atoms with Gasteiger partial charge in [-0.25, -0.2) is 4.68 Å². The Morgan fingerprint density at radius 1 is 1.00 bits per heavy atom. The molecule has 0 aliphatic carbocycles. The van der Waals surface area contributed by atoms with Crippen LogP contribution in [0, 0.1) is 13.8 Å². The van der Waals surface area contributed by atoms with Crippen LogP contribution in [0.3, 0.4) is 0 Å². The molecule has 4 rings (SSSR count). The number of hydrogen-bond acceptors (Lipinski definition) is 6. The summed E-state index contributed by atoms with van der Waals surface area (Å²) in [5, 5.41) is 12.3. The number of anilines is 3. The summed E-state index contributed by atoms with van der Waals surface area (Å²) in [6.07, 6.45) is 2.92. The minimum atomic E-state index is 0.233. The Kier molecular flexibility index (Phi) is 6.66. The highest BCUT2D eigenvalue weighted by atomic mass is 16.5. The number of hydrogen-bond donors (Lipinski definition) is 2. The van der Waals surface area contributed by atoms with E-state index in [4.69, 9.17) is 14.7 Å². The summed E-state index contributed by atoms with van der Waals surface area (Å²) in [6.45, 7) is 9.72. The lowest BCUT2D eigenvalue weighted by Gasteiger charge is -2.12. The number of rotatable bonds is 9. The fraction of sp³-hybridized carbons (Fsp3) is 0.320. The van der Waals surface area contributed by atoms with Crippen molar-refractivity contribution >= 4 is 28.5 Å². The molecule has 32 heavy (non-hydrogen) atoms. The lowest BCUT2D eigenvalue weighted by atomic mass is 10.1. The van der Waals surface area contributed by atoms with E-state index in [0.29, 0.717) is 12.6 Å². The van der Waals surface area contributed by atoms with Crippen LogP contribution in [0.4, 0.5) is 17.5 Å². The van der Waals surface area contributed by atoms with Crippen LogP contribution in [0.15, 0.2) is 54.7 Å². The number of aryl methyl sites for hydroxylation is 2. The van der Waals surface area contributed by atoms with Gasteiger partial charge in [0.1, 0.15) is 5.82 Å². The zero-order valence-electron chi connectivity index (χ0n) is 19.1. The molecule has 7 nitrogen and oxygen atoms in total. The van der Waals surface area contributed by atoms with Gasteiger partial charge in [-0.2, -0.15) is 15.1 Å². The second kappa shape index (κ2) is 9.78. The minimum absolute atomic E-state index is 0.233. The van der Waals surface area contributed by atoms with Crippen molar-refractivity contribution in [1.29, 1.82) is 0 Å². The van der Waals surface area contributed by atoms with E-state index >= 15 is 0 Å². The van der Waals surface area contributed by atoms with Gasteiger partial charge in [-0.05, 0) is 69.5 Å². The molecule has 2 N–H and O–H groups in total. The first kappa shape index (κ1) is 21.8. The number of benzene rings is 2. The topological polar surface area (TPSA) is 76.9 Å². The summed E-state index contributed by atoms with van der Waals surface area (Å²) in [4.78, 5) is 9.54. The van der Waals surface area contributed by atoms with E-state index in [2.05, 4.69) is 47.8 Å². The third kappa shape index (κ3) is 5.06. The molecule has 0 atom stereocenters. The lowest BCUT2D eigenvalue weighted by molar-refractivity contribution is 0.0787. The Morgan fingerprint density at radius 3 is 2.56 bits per heavy atom. The molecule has 0 aliphatic rings. The summed E-state index contributed by atoms with van der Waals surface area (Å²) >= 11 is 0. The molecular weight excluding hydrogens is 400 g/mol.